The van der Waals surface area contributed by atoms with Crippen LogP contribution in [0, 0.1) is 0 Å². The van der Waals surface area contributed by atoms with Crippen molar-refractivity contribution in [2.45, 2.75) is 5.41 Å². The molecule has 264 valence electrons. The summed E-state index contributed by atoms with van der Waals surface area (Å²) < 4.78 is 5.21. The number of aromatic nitrogens is 1. The van der Waals surface area contributed by atoms with E-state index in [1.165, 1.54) is 109 Å². The van der Waals surface area contributed by atoms with Crippen LogP contribution in [0.25, 0.3) is 92.2 Å². The fourth-order valence-electron chi connectivity index (χ4n) is 10.5. The smallest absolute Gasteiger partial charge is 0.0726 e. The van der Waals surface area contributed by atoms with Gasteiger partial charge in [0.25, 0.3) is 0 Å². The summed E-state index contributed by atoms with van der Waals surface area (Å²) in [4.78, 5) is 0. The van der Waals surface area contributed by atoms with E-state index < -0.39 is 5.41 Å². The van der Waals surface area contributed by atoms with E-state index >= 15 is 0 Å². The number of nitrogens with zero attached hydrogens (tertiary/aromatic N) is 1. The van der Waals surface area contributed by atoms with Gasteiger partial charge in [0.05, 0.1) is 16.4 Å². The van der Waals surface area contributed by atoms with Crippen LogP contribution in [0.4, 0.5) is 0 Å². The van der Waals surface area contributed by atoms with Crippen molar-refractivity contribution in [2.24, 2.45) is 0 Å². The van der Waals surface area contributed by atoms with Crippen molar-refractivity contribution >= 4 is 53.3 Å². The number of para-hydroxylation sites is 1. The number of benzene rings is 9. The summed E-state index contributed by atoms with van der Waals surface area (Å²) >= 11 is 1.87. The highest BCUT2D eigenvalue weighted by molar-refractivity contribution is 7.25. The van der Waals surface area contributed by atoms with Gasteiger partial charge in [-0.3, -0.25) is 0 Å². The third-order valence-electron chi connectivity index (χ3n) is 12.8. The first-order valence-electron chi connectivity index (χ1n) is 19.8. The van der Waals surface area contributed by atoms with Gasteiger partial charge in [0.1, 0.15) is 0 Å². The Bertz CT molecular complexity index is 3410. The highest BCUT2D eigenvalue weighted by Crippen LogP contribution is 2.65. The second-order valence-electron chi connectivity index (χ2n) is 15.5. The lowest BCUT2D eigenvalue weighted by molar-refractivity contribution is 0.794. The van der Waals surface area contributed by atoms with Gasteiger partial charge in [-0.05, 0) is 110 Å². The Labute approximate surface area is 334 Å². The molecule has 0 saturated carbocycles. The van der Waals surface area contributed by atoms with Crippen LogP contribution in [0.15, 0.2) is 200 Å². The van der Waals surface area contributed by atoms with E-state index in [9.17, 15) is 0 Å². The molecule has 0 saturated heterocycles. The highest BCUT2D eigenvalue weighted by Gasteiger charge is 2.52. The second-order valence-corrected chi connectivity index (χ2v) is 16.6. The molecule has 2 heteroatoms. The molecule has 0 atom stereocenters. The normalized spacial score (nSPS) is 13.4. The van der Waals surface area contributed by atoms with E-state index in [4.69, 9.17) is 0 Å². The third kappa shape index (κ3) is 4.07. The van der Waals surface area contributed by atoms with Crippen LogP contribution >= 0.6 is 11.3 Å². The number of hydrogen-bond donors (Lipinski definition) is 0. The van der Waals surface area contributed by atoms with Crippen LogP contribution in [-0.2, 0) is 5.41 Å². The monoisotopic (exact) mass is 739 g/mol. The SMILES string of the molecule is c1ccc(-c2cc3c(c4c2c2cc(-c5ccc6sc7ccccc7c6c5)ccc2n4-c2ccccc2)-c2ccccc2C32c3ccccc3-c3ccccc32)cc1. The van der Waals surface area contributed by atoms with Crippen LogP contribution in [0.2, 0.25) is 0 Å². The lowest BCUT2D eigenvalue weighted by Crippen LogP contribution is -2.25. The Kier molecular flexibility index (Phi) is 6.31. The molecule has 13 rings (SSSR count). The van der Waals surface area contributed by atoms with E-state index in [2.05, 4.69) is 205 Å². The van der Waals surface area contributed by atoms with Crippen LogP contribution < -0.4 is 0 Å². The van der Waals surface area contributed by atoms with Gasteiger partial charge in [0.2, 0.25) is 0 Å². The first-order valence-corrected chi connectivity index (χ1v) is 20.6. The van der Waals surface area contributed by atoms with Gasteiger partial charge in [-0.25, -0.2) is 0 Å². The molecule has 9 aromatic carbocycles. The maximum atomic E-state index is 2.57. The van der Waals surface area contributed by atoms with E-state index in [-0.39, 0.29) is 0 Å². The Morgan fingerprint density at radius 2 is 0.930 bits per heavy atom. The van der Waals surface area contributed by atoms with E-state index in [0.29, 0.717) is 0 Å². The predicted molar refractivity (Wildman–Crippen MR) is 241 cm³/mol. The average Bonchev–Trinajstić information content (AvgIpc) is 4.00. The molecule has 2 aliphatic carbocycles. The van der Waals surface area contributed by atoms with Gasteiger partial charge in [-0.1, -0.05) is 152 Å². The lowest BCUT2D eigenvalue weighted by atomic mass is 9.70. The minimum atomic E-state index is -0.460. The molecule has 0 radical (unpaired) electrons. The second kappa shape index (κ2) is 11.5. The van der Waals surface area contributed by atoms with Crippen molar-refractivity contribution in [1.82, 2.24) is 4.57 Å². The van der Waals surface area contributed by atoms with Gasteiger partial charge in [-0.15, -0.1) is 11.3 Å². The van der Waals surface area contributed by atoms with Crippen molar-refractivity contribution < 1.29 is 0 Å². The topological polar surface area (TPSA) is 4.93 Å². The maximum Gasteiger partial charge on any atom is 0.0726 e. The van der Waals surface area contributed by atoms with Gasteiger partial charge >= 0.3 is 0 Å². The third-order valence-corrected chi connectivity index (χ3v) is 13.9. The van der Waals surface area contributed by atoms with Gasteiger partial charge < -0.3 is 4.57 Å². The van der Waals surface area contributed by atoms with E-state index in [0.717, 1.165) is 5.69 Å². The molecule has 0 amide bonds. The molecule has 2 aliphatic rings. The van der Waals surface area contributed by atoms with Crippen molar-refractivity contribution in [3.8, 4) is 50.2 Å². The molecule has 0 bridgehead atoms. The lowest BCUT2D eigenvalue weighted by Gasteiger charge is -2.31. The fourth-order valence-corrected chi connectivity index (χ4v) is 11.6. The number of thiophene rings is 1. The number of rotatable bonds is 3. The van der Waals surface area contributed by atoms with Crippen molar-refractivity contribution in [3.05, 3.63) is 222 Å². The Morgan fingerprint density at radius 1 is 0.368 bits per heavy atom. The zero-order chi connectivity index (χ0) is 37.2. The predicted octanol–water partition coefficient (Wildman–Crippen LogP) is 14.8. The molecule has 11 aromatic rings. The number of hydrogen-bond acceptors (Lipinski definition) is 1. The first kappa shape index (κ1) is 31.2. The Hall–Kier alpha value is -7.00. The van der Waals surface area contributed by atoms with Crippen LogP contribution in [-0.4, -0.2) is 4.57 Å². The van der Waals surface area contributed by atoms with Crippen LogP contribution in [0.1, 0.15) is 22.3 Å². The Morgan fingerprint density at radius 3 is 1.67 bits per heavy atom. The van der Waals surface area contributed by atoms with Crippen molar-refractivity contribution in [2.75, 3.05) is 0 Å². The average molecular weight is 740 g/mol. The summed E-state index contributed by atoms with van der Waals surface area (Å²) in [7, 11) is 0. The fraction of sp³-hybridized carbons (Fsp3) is 0.0182. The summed E-state index contributed by atoms with van der Waals surface area (Å²) in [6.07, 6.45) is 0. The molecule has 0 N–H and O–H groups in total. The summed E-state index contributed by atoms with van der Waals surface area (Å²) in [6, 6.07) is 75.0. The molecule has 1 nitrogen and oxygen atoms in total. The standard InChI is InChI=1S/C55H33NS/c1-3-15-34(16-4-1)42-33-48-53(41-22-9-13-25-47(41)55(48)45-23-11-7-19-38(45)39-20-8-12-24-46(39)55)54-52(42)44-32-35(27-29-49(44)56(54)37-17-5-2-6-18-37)36-28-30-51-43(31-36)40-21-10-14-26-50(40)57-51/h1-33H. The quantitative estimate of drug-likeness (QED) is 0.170. The maximum absolute atomic E-state index is 2.57. The van der Waals surface area contributed by atoms with E-state index in [1.54, 1.807) is 0 Å². The van der Waals surface area contributed by atoms with E-state index in [1.807, 2.05) is 11.3 Å². The molecule has 2 heterocycles. The minimum Gasteiger partial charge on any atom is -0.309 e. The molecular weight excluding hydrogens is 707 g/mol. The highest BCUT2D eigenvalue weighted by atomic mass is 32.1. The molecule has 2 aromatic heterocycles. The zero-order valence-electron chi connectivity index (χ0n) is 30.9. The first-order chi connectivity index (χ1) is 28.3. The van der Waals surface area contributed by atoms with Crippen molar-refractivity contribution in [3.63, 3.8) is 0 Å². The number of fused-ring (bicyclic) bond motifs is 17. The van der Waals surface area contributed by atoms with Crippen molar-refractivity contribution in [1.29, 1.82) is 0 Å². The van der Waals surface area contributed by atoms with Gasteiger partial charge in [-0.2, -0.15) is 0 Å². The summed E-state index contributed by atoms with van der Waals surface area (Å²) in [5, 5.41) is 5.19. The summed E-state index contributed by atoms with van der Waals surface area (Å²) in [6.45, 7) is 0. The van der Waals surface area contributed by atoms with Crippen LogP contribution in [0.5, 0.6) is 0 Å². The largest absolute Gasteiger partial charge is 0.309 e. The van der Waals surface area contributed by atoms with Crippen LogP contribution in [0.3, 0.4) is 0 Å². The zero-order valence-corrected chi connectivity index (χ0v) is 31.7. The molecule has 0 unspecified atom stereocenters. The Balaban J connectivity index is 1.21. The summed E-state index contributed by atoms with van der Waals surface area (Å²) in [5.74, 6) is 0. The van der Waals surface area contributed by atoms with Gasteiger partial charge in [0, 0.05) is 42.2 Å². The summed E-state index contributed by atoms with van der Waals surface area (Å²) in [5.41, 5.74) is 18.8. The molecule has 57 heavy (non-hydrogen) atoms. The molecular formula is C55H33NS. The van der Waals surface area contributed by atoms with Gasteiger partial charge in [0.15, 0.2) is 0 Å². The molecule has 1 spiro atoms. The molecule has 0 aliphatic heterocycles. The molecule has 0 fully saturated rings. The minimum absolute atomic E-state index is 0.460.